The van der Waals surface area contributed by atoms with Crippen molar-refractivity contribution in [3.8, 4) is 5.75 Å². The van der Waals surface area contributed by atoms with E-state index in [1.165, 1.54) is 28.8 Å². The minimum atomic E-state index is -0.579. The van der Waals surface area contributed by atoms with Crippen molar-refractivity contribution in [2.75, 3.05) is 12.4 Å². The lowest BCUT2D eigenvalue weighted by molar-refractivity contribution is -0.139. The maximum Gasteiger partial charge on any atom is 0.338 e. The number of thioether (sulfide) groups is 1. The number of phenols is 1. The van der Waals surface area contributed by atoms with E-state index in [1.54, 1.807) is 26.0 Å². The highest BCUT2D eigenvalue weighted by atomic mass is 32.2. The van der Waals surface area contributed by atoms with Crippen molar-refractivity contribution >= 4 is 28.8 Å². The van der Waals surface area contributed by atoms with Crippen LogP contribution in [0.5, 0.6) is 5.75 Å². The number of rotatable bonds is 3. The summed E-state index contributed by atoms with van der Waals surface area (Å²) in [7, 11) is 0. The number of benzene rings is 1. The number of aromatic hydroxyl groups is 1. The van der Waals surface area contributed by atoms with E-state index in [0.29, 0.717) is 22.2 Å². The van der Waals surface area contributed by atoms with Crippen LogP contribution in [0.2, 0.25) is 0 Å². The number of fused-ring (bicyclic) bond motifs is 1. The van der Waals surface area contributed by atoms with Crippen LogP contribution in [-0.4, -0.2) is 39.4 Å². The van der Waals surface area contributed by atoms with Gasteiger partial charge in [-0.05, 0) is 31.5 Å². The molecule has 23 heavy (non-hydrogen) atoms. The molecule has 0 saturated carbocycles. The van der Waals surface area contributed by atoms with Gasteiger partial charge in [-0.2, -0.15) is 0 Å². The molecule has 2 aliphatic heterocycles. The molecular formula is C16H16N2O4S. The highest BCUT2D eigenvalue weighted by Crippen LogP contribution is 2.41. The monoisotopic (exact) mass is 332 g/mol. The van der Waals surface area contributed by atoms with Gasteiger partial charge in [-0.3, -0.25) is 9.69 Å². The summed E-state index contributed by atoms with van der Waals surface area (Å²) in [6.45, 7) is 3.72. The van der Waals surface area contributed by atoms with Crippen LogP contribution >= 0.6 is 11.8 Å². The van der Waals surface area contributed by atoms with Crippen molar-refractivity contribution in [2.45, 2.75) is 19.9 Å². The van der Waals surface area contributed by atoms with E-state index >= 15 is 0 Å². The highest BCUT2D eigenvalue weighted by Gasteiger charge is 2.43. The summed E-state index contributed by atoms with van der Waals surface area (Å²) in [5, 5.41) is 10.1. The fourth-order valence-corrected chi connectivity index (χ4v) is 3.62. The van der Waals surface area contributed by atoms with Gasteiger partial charge in [0.2, 0.25) is 5.91 Å². The summed E-state index contributed by atoms with van der Waals surface area (Å²) < 4.78 is 5.15. The molecule has 1 saturated heterocycles. The lowest BCUT2D eigenvalue weighted by Gasteiger charge is -2.32. The Bertz CT molecular complexity index is 724. The van der Waals surface area contributed by atoms with Crippen LogP contribution in [0.1, 0.15) is 25.5 Å². The zero-order valence-electron chi connectivity index (χ0n) is 12.8. The smallest absolute Gasteiger partial charge is 0.338 e. The molecule has 1 aromatic carbocycles. The van der Waals surface area contributed by atoms with Gasteiger partial charge in [0.15, 0.2) is 5.17 Å². The third-order valence-electron chi connectivity index (χ3n) is 3.69. The summed E-state index contributed by atoms with van der Waals surface area (Å²) in [4.78, 5) is 30.6. The fourth-order valence-electron chi connectivity index (χ4n) is 2.68. The number of esters is 1. The zero-order valence-corrected chi connectivity index (χ0v) is 13.6. The Hall–Kier alpha value is -2.28. The predicted octanol–water partition coefficient (Wildman–Crippen LogP) is 2.22. The lowest BCUT2D eigenvalue weighted by Crippen LogP contribution is -2.39. The average molecular weight is 332 g/mol. The minimum absolute atomic E-state index is 0.0962. The summed E-state index contributed by atoms with van der Waals surface area (Å²) >= 11 is 1.36. The normalized spacial score (nSPS) is 20.4. The Morgan fingerprint density at radius 2 is 2.13 bits per heavy atom. The summed E-state index contributed by atoms with van der Waals surface area (Å²) in [6, 6.07) is 5.89. The standard InChI is InChI=1S/C16H16N2O4S/c1-3-22-15(21)13-9(2)17-16-18(12(20)8-23-16)14(13)10-4-6-11(19)7-5-10/h4-7,14,19H,3,8H2,1-2H3. The van der Waals surface area contributed by atoms with E-state index in [2.05, 4.69) is 4.99 Å². The fraction of sp³-hybridized carbons (Fsp3) is 0.312. The highest BCUT2D eigenvalue weighted by molar-refractivity contribution is 8.15. The largest absolute Gasteiger partial charge is 0.508 e. The third kappa shape index (κ3) is 2.72. The van der Waals surface area contributed by atoms with E-state index in [4.69, 9.17) is 4.74 Å². The average Bonchev–Trinajstić information content (AvgIpc) is 2.88. The third-order valence-corrected chi connectivity index (χ3v) is 4.63. The van der Waals surface area contributed by atoms with Crippen LogP contribution in [0.15, 0.2) is 40.5 Å². The molecule has 1 unspecified atom stereocenters. The zero-order chi connectivity index (χ0) is 16.6. The van der Waals surface area contributed by atoms with Gasteiger partial charge < -0.3 is 9.84 Å². The van der Waals surface area contributed by atoms with Crippen molar-refractivity contribution in [1.29, 1.82) is 0 Å². The number of hydrogen-bond acceptors (Lipinski definition) is 6. The first-order chi connectivity index (χ1) is 11.0. The molecule has 120 valence electrons. The topological polar surface area (TPSA) is 79.2 Å². The molecule has 0 aromatic heterocycles. The van der Waals surface area contributed by atoms with Gasteiger partial charge in [-0.25, -0.2) is 9.79 Å². The van der Waals surface area contributed by atoms with Gasteiger partial charge in [0.1, 0.15) is 5.75 Å². The van der Waals surface area contributed by atoms with Crippen LogP contribution in [-0.2, 0) is 14.3 Å². The van der Waals surface area contributed by atoms with Crippen molar-refractivity contribution < 1.29 is 19.4 Å². The Balaban J connectivity index is 2.13. The molecule has 0 bridgehead atoms. The van der Waals surface area contributed by atoms with Gasteiger partial charge in [-0.1, -0.05) is 23.9 Å². The summed E-state index contributed by atoms with van der Waals surface area (Å²) in [5.74, 6) is -0.146. The maximum atomic E-state index is 12.4. The van der Waals surface area contributed by atoms with Crippen LogP contribution in [0.25, 0.3) is 0 Å². The van der Waals surface area contributed by atoms with Gasteiger partial charge in [0.05, 0.1) is 29.7 Å². The number of hydrogen-bond donors (Lipinski definition) is 1. The van der Waals surface area contributed by atoms with E-state index in [-0.39, 0.29) is 18.3 Å². The molecule has 2 aliphatic rings. The van der Waals surface area contributed by atoms with E-state index < -0.39 is 12.0 Å². The number of allylic oxidation sites excluding steroid dienone is 1. The molecule has 1 amide bonds. The second-order valence-electron chi connectivity index (χ2n) is 5.16. The van der Waals surface area contributed by atoms with Crippen molar-refractivity contribution in [3.05, 3.63) is 41.1 Å². The Morgan fingerprint density at radius 1 is 1.43 bits per heavy atom. The SMILES string of the molecule is CCOC(=O)C1=C(C)N=C2SCC(=O)N2C1c1ccc(O)cc1. The Kier molecular flexibility index (Phi) is 4.12. The van der Waals surface area contributed by atoms with E-state index in [9.17, 15) is 14.7 Å². The lowest BCUT2D eigenvalue weighted by atomic mass is 9.94. The second-order valence-corrected chi connectivity index (χ2v) is 6.10. The molecule has 2 heterocycles. The number of amides is 1. The van der Waals surface area contributed by atoms with E-state index in [0.717, 1.165) is 5.56 Å². The van der Waals surface area contributed by atoms with Crippen LogP contribution in [0.3, 0.4) is 0 Å². The van der Waals surface area contributed by atoms with E-state index in [1.807, 2.05) is 0 Å². The number of aliphatic imine (C=N–C) groups is 1. The Morgan fingerprint density at radius 3 is 2.78 bits per heavy atom. The van der Waals surface area contributed by atoms with Gasteiger partial charge in [-0.15, -0.1) is 0 Å². The minimum Gasteiger partial charge on any atom is -0.508 e. The molecule has 1 atom stereocenters. The van der Waals surface area contributed by atoms with Crippen molar-refractivity contribution in [3.63, 3.8) is 0 Å². The molecule has 1 aromatic rings. The molecule has 0 aliphatic carbocycles. The van der Waals surface area contributed by atoms with Gasteiger partial charge in [0, 0.05) is 0 Å². The first-order valence-corrected chi connectivity index (χ1v) is 8.22. The molecule has 3 rings (SSSR count). The number of amidine groups is 1. The molecule has 0 radical (unpaired) electrons. The number of nitrogens with zero attached hydrogens (tertiary/aromatic N) is 2. The van der Waals surface area contributed by atoms with Gasteiger partial charge in [0.25, 0.3) is 0 Å². The molecule has 1 N–H and O–H groups in total. The number of carbonyl (C=O) groups is 2. The first-order valence-electron chi connectivity index (χ1n) is 7.23. The summed E-state index contributed by atoms with van der Waals surface area (Å²) in [5.41, 5.74) is 1.64. The first kappa shape index (κ1) is 15.6. The number of carbonyl (C=O) groups excluding carboxylic acids is 2. The van der Waals surface area contributed by atoms with Crippen LogP contribution in [0.4, 0.5) is 0 Å². The summed E-state index contributed by atoms with van der Waals surface area (Å²) in [6.07, 6.45) is 0. The van der Waals surface area contributed by atoms with Gasteiger partial charge >= 0.3 is 5.97 Å². The molecule has 6 nitrogen and oxygen atoms in total. The van der Waals surface area contributed by atoms with Crippen LogP contribution < -0.4 is 0 Å². The van der Waals surface area contributed by atoms with Crippen molar-refractivity contribution in [1.82, 2.24) is 4.90 Å². The number of ether oxygens (including phenoxy) is 1. The van der Waals surface area contributed by atoms with Crippen molar-refractivity contribution in [2.24, 2.45) is 4.99 Å². The molecular weight excluding hydrogens is 316 g/mol. The second kappa shape index (κ2) is 6.08. The van der Waals surface area contributed by atoms with Crippen LogP contribution in [0, 0.1) is 0 Å². The quantitative estimate of drug-likeness (QED) is 0.859. The molecule has 0 spiro atoms. The molecule has 7 heteroatoms. The maximum absolute atomic E-state index is 12.4. The predicted molar refractivity (Wildman–Crippen MR) is 86.9 cm³/mol. The Labute approximate surface area is 137 Å². The number of phenolic OH excluding ortho intramolecular Hbond substituents is 1. The molecule has 1 fully saturated rings.